The number of anilines is 2. The van der Waals surface area contributed by atoms with Gasteiger partial charge in [-0.1, -0.05) is 0 Å². The van der Waals surface area contributed by atoms with Gasteiger partial charge in [-0.2, -0.15) is 5.10 Å². The summed E-state index contributed by atoms with van der Waals surface area (Å²) in [5.41, 5.74) is 5.07. The Kier molecular flexibility index (Phi) is 10.3. The van der Waals surface area contributed by atoms with Gasteiger partial charge in [0.05, 0.1) is 30.0 Å². The topological polar surface area (TPSA) is 136 Å². The SMILES string of the molecule is Cc1cc(-c2n[nH]c3ccc(OC4(C)CC4)cc23)cc(N2CCN(C[C@H]3CC[C@H](OC4CCN(c5ccc6c(c5F)CN(C5CCC(=O)NC5=O)C6=O)CC4)CC3)CC2)n1. The molecule has 10 rings (SSSR count). The molecule has 13 nitrogen and oxygen atoms in total. The summed E-state index contributed by atoms with van der Waals surface area (Å²) >= 11 is 0. The summed E-state index contributed by atoms with van der Waals surface area (Å²) in [5, 5.41) is 11.3. The third kappa shape index (κ3) is 7.84. The summed E-state index contributed by atoms with van der Waals surface area (Å²) in [6.45, 7) is 10.7. The number of imide groups is 1. The molecule has 60 heavy (non-hydrogen) atoms. The minimum absolute atomic E-state index is 0.0344. The zero-order chi connectivity index (χ0) is 41.1. The summed E-state index contributed by atoms with van der Waals surface area (Å²) in [6, 6.07) is 13.1. The lowest BCUT2D eigenvalue weighted by atomic mass is 9.86. The number of carbonyl (C=O) groups excluding carboxylic acids is 3. The van der Waals surface area contributed by atoms with Crippen LogP contribution in [0.4, 0.5) is 15.9 Å². The molecule has 0 radical (unpaired) electrons. The maximum atomic E-state index is 15.9. The molecule has 4 aromatic rings. The van der Waals surface area contributed by atoms with Gasteiger partial charge in [-0.05, 0) is 120 Å². The largest absolute Gasteiger partial charge is 0.488 e. The third-order valence-electron chi connectivity index (χ3n) is 13.9. The summed E-state index contributed by atoms with van der Waals surface area (Å²) in [5.74, 6) is 0.989. The van der Waals surface area contributed by atoms with Crippen LogP contribution in [0.1, 0.15) is 92.7 Å². The maximum Gasteiger partial charge on any atom is 0.255 e. The van der Waals surface area contributed by atoms with Crippen LogP contribution in [-0.2, 0) is 20.9 Å². The number of halogens is 1. The highest BCUT2D eigenvalue weighted by molar-refractivity contribution is 6.05. The van der Waals surface area contributed by atoms with Crippen molar-refractivity contribution in [2.45, 2.75) is 108 Å². The van der Waals surface area contributed by atoms with E-state index in [0.29, 0.717) is 35.8 Å². The highest BCUT2D eigenvalue weighted by Crippen LogP contribution is 2.41. The van der Waals surface area contributed by atoms with Gasteiger partial charge in [0.2, 0.25) is 11.8 Å². The second-order valence-corrected chi connectivity index (χ2v) is 18.3. The number of aromatic amines is 1. The Morgan fingerprint density at radius 2 is 1.63 bits per heavy atom. The van der Waals surface area contributed by atoms with Crippen LogP contribution >= 0.6 is 0 Å². The number of aromatic nitrogens is 3. The number of aryl methyl sites for hydroxylation is 1. The average Bonchev–Trinajstić information content (AvgIpc) is 3.65. The molecule has 6 heterocycles. The van der Waals surface area contributed by atoms with Crippen molar-refractivity contribution < 1.29 is 28.2 Å². The Labute approximate surface area is 349 Å². The number of carbonyl (C=O) groups is 3. The molecule has 0 spiro atoms. The van der Waals surface area contributed by atoms with Crippen molar-refractivity contribution in [1.29, 1.82) is 0 Å². The van der Waals surface area contributed by atoms with E-state index in [-0.39, 0.29) is 49.0 Å². The number of hydrogen-bond acceptors (Lipinski definition) is 10. The average molecular weight is 819 g/mol. The fraction of sp³-hybridized carbons (Fsp3) is 0.543. The number of benzene rings is 2. The van der Waals surface area contributed by atoms with Gasteiger partial charge in [0, 0.05) is 80.0 Å². The Bertz CT molecular complexity index is 2300. The minimum Gasteiger partial charge on any atom is -0.488 e. The van der Waals surface area contributed by atoms with Gasteiger partial charge in [-0.25, -0.2) is 9.37 Å². The molecule has 1 unspecified atom stereocenters. The van der Waals surface area contributed by atoms with Crippen LogP contribution < -0.4 is 19.9 Å². The Hall–Kier alpha value is -5.08. The van der Waals surface area contributed by atoms with Gasteiger partial charge in [0.25, 0.3) is 5.91 Å². The molecule has 2 aromatic heterocycles. The highest BCUT2D eigenvalue weighted by Gasteiger charge is 2.42. The van der Waals surface area contributed by atoms with Crippen LogP contribution in [0.25, 0.3) is 22.2 Å². The van der Waals surface area contributed by atoms with E-state index in [1.807, 2.05) is 6.07 Å². The number of rotatable bonds is 10. The highest BCUT2D eigenvalue weighted by atomic mass is 19.1. The van der Waals surface area contributed by atoms with Crippen molar-refractivity contribution in [3.63, 3.8) is 0 Å². The molecule has 2 saturated carbocycles. The van der Waals surface area contributed by atoms with E-state index in [0.717, 1.165) is 111 Å². The van der Waals surface area contributed by atoms with Gasteiger partial charge in [-0.15, -0.1) is 0 Å². The first-order chi connectivity index (χ1) is 29.1. The summed E-state index contributed by atoms with van der Waals surface area (Å²) in [4.78, 5) is 50.7. The van der Waals surface area contributed by atoms with E-state index in [1.54, 1.807) is 12.1 Å². The maximum absolute atomic E-state index is 15.9. The van der Waals surface area contributed by atoms with Crippen LogP contribution in [0.15, 0.2) is 42.5 Å². The quantitative estimate of drug-likeness (QED) is 0.180. The van der Waals surface area contributed by atoms with Crippen molar-refractivity contribution >= 4 is 40.1 Å². The van der Waals surface area contributed by atoms with Gasteiger partial charge >= 0.3 is 0 Å². The molecular weight excluding hydrogens is 764 g/mol. The minimum atomic E-state index is -0.761. The number of nitrogens with zero attached hydrogens (tertiary/aromatic N) is 6. The molecule has 2 aliphatic carbocycles. The number of amides is 3. The lowest BCUT2D eigenvalue weighted by Gasteiger charge is -2.40. The van der Waals surface area contributed by atoms with Crippen LogP contribution in [0.3, 0.4) is 0 Å². The van der Waals surface area contributed by atoms with E-state index in [1.165, 1.54) is 17.7 Å². The predicted octanol–water partition coefficient (Wildman–Crippen LogP) is 6.13. The number of pyridine rings is 1. The summed E-state index contributed by atoms with van der Waals surface area (Å²) in [7, 11) is 0. The van der Waals surface area contributed by atoms with Crippen LogP contribution in [0.5, 0.6) is 5.75 Å². The normalized spacial score (nSPS) is 24.9. The Morgan fingerprint density at radius 3 is 2.38 bits per heavy atom. The zero-order valence-electron chi connectivity index (χ0n) is 34.7. The van der Waals surface area contributed by atoms with Gasteiger partial charge in [0.1, 0.15) is 28.9 Å². The number of hydrogen-bond donors (Lipinski definition) is 2. The van der Waals surface area contributed by atoms with E-state index in [9.17, 15) is 14.4 Å². The number of piperidine rings is 2. The summed E-state index contributed by atoms with van der Waals surface area (Å²) in [6.07, 6.45) is 9.18. The monoisotopic (exact) mass is 818 g/mol. The number of nitrogens with one attached hydrogen (secondary N) is 2. The van der Waals surface area contributed by atoms with Crippen molar-refractivity contribution in [3.05, 3.63) is 65.1 Å². The molecule has 0 bridgehead atoms. The molecule has 2 aromatic carbocycles. The second-order valence-electron chi connectivity index (χ2n) is 18.3. The molecule has 5 fully saturated rings. The number of H-pyrrole nitrogens is 1. The van der Waals surface area contributed by atoms with Crippen molar-refractivity contribution in [1.82, 2.24) is 30.3 Å². The van der Waals surface area contributed by atoms with Crippen LogP contribution in [0, 0.1) is 18.7 Å². The number of piperazine rings is 1. The Morgan fingerprint density at radius 1 is 0.867 bits per heavy atom. The molecule has 3 amide bonds. The molecular formula is C46H55FN8O5. The zero-order valence-corrected chi connectivity index (χ0v) is 34.7. The first-order valence-electron chi connectivity index (χ1n) is 22.1. The molecule has 4 aliphatic heterocycles. The fourth-order valence-electron chi connectivity index (χ4n) is 10.1. The number of ether oxygens (including phenoxy) is 2. The van der Waals surface area contributed by atoms with Crippen molar-refractivity contribution in [2.75, 3.05) is 55.6 Å². The van der Waals surface area contributed by atoms with E-state index in [2.05, 4.69) is 63.2 Å². The molecule has 3 saturated heterocycles. The predicted molar refractivity (Wildman–Crippen MR) is 225 cm³/mol. The molecule has 6 aliphatic rings. The third-order valence-corrected chi connectivity index (χ3v) is 13.9. The smallest absolute Gasteiger partial charge is 0.255 e. The van der Waals surface area contributed by atoms with Crippen molar-refractivity contribution in [2.24, 2.45) is 5.92 Å². The first-order valence-corrected chi connectivity index (χ1v) is 22.1. The standard InChI is InChI=1S/C46H55FN8O5/c1-28-23-30(43-35-25-33(60-46(2)15-16-46)7-9-37(35)50-51-43)24-40(48-28)54-21-19-52(20-22-54)26-29-3-5-31(6-4-29)59-32-13-17-53(18-14-32)38-10-8-34-36(42(38)47)27-55(45(34)58)39-11-12-41(56)49-44(39)57/h7-10,23-25,29,31-32,39H,3-6,11-22,26-27H2,1-2H3,(H,50,51)(H,49,56,57)/t29-,31-,39?. The molecule has 14 heteroatoms. The van der Waals surface area contributed by atoms with E-state index >= 15 is 4.39 Å². The van der Waals surface area contributed by atoms with Crippen LogP contribution in [0.2, 0.25) is 0 Å². The molecule has 2 N–H and O–H groups in total. The Balaban J connectivity index is 0.675. The van der Waals surface area contributed by atoms with E-state index < -0.39 is 17.8 Å². The van der Waals surface area contributed by atoms with Crippen LogP contribution in [-0.4, -0.2) is 112 Å². The van der Waals surface area contributed by atoms with Gasteiger partial charge < -0.3 is 24.2 Å². The van der Waals surface area contributed by atoms with Gasteiger partial charge in [0.15, 0.2) is 5.82 Å². The second kappa shape index (κ2) is 15.7. The fourth-order valence-corrected chi connectivity index (χ4v) is 10.1. The molecule has 1 atom stereocenters. The van der Waals surface area contributed by atoms with E-state index in [4.69, 9.17) is 19.6 Å². The van der Waals surface area contributed by atoms with Crippen molar-refractivity contribution in [3.8, 4) is 17.0 Å². The lowest BCUT2D eigenvalue weighted by molar-refractivity contribution is -0.136. The number of fused-ring (bicyclic) bond motifs is 2. The lowest BCUT2D eigenvalue weighted by Crippen LogP contribution is -2.52. The van der Waals surface area contributed by atoms with Gasteiger partial charge in [-0.3, -0.25) is 29.7 Å². The summed E-state index contributed by atoms with van der Waals surface area (Å²) < 4.78 is 28.9. The first kappa shape index (κ1) is 39.1. The molecule has 316 valence electrons.